The minimum Gasteiger partial charge on any atom is -0.454 e. The average Bonchev–Trinajstić information content (AvgIpc) is 3.13. The molecule has 1 aromatic rings. The number of nitriles is 1. The van der Waals surface area contributed by atoms with Gasteiger partial charge in [0.2, 0.25) is 0 Å². The van der Waals surface area contributed by atoms with E-state index >= 15 is 0 Å². The number of ether oxygens (including phenoxy) is 1. The molecular formula is C20H26N4O4. The molecule has 3 N–H and O–H groups in total. The first kappa shape index (κ1) is 21.2. The van der Waals surface area contributed by atoms with Crippen molar-refractivity contribution < 1.29 is 19.1 Å². The van der Waals surface area contributed by atoms with E-state index in [-0.39, 0.29) is 5.92 Å². The number of amides is 3. The van der Waals surface area contributed by atoms with Gasteiger partial charge in [-0.3, -0.25) is 4.79 Å². The van der Waals surface area contributed by atoms with Crippen LogP contribution >= 0.6 is 0 Å². The lowest BCUT2D eigenvalue weighted by atomic mass is 10.00. The Balaban J connectivity index is 1.85. The van der Waals surface area contributed by atoms with Crippen molar-refractivity contribution in [2.24, 2.45) is 5.92 Å². The van der Waals surface area contributed by atoms with Gasteiger partial charge < -0.3 is 20.7 Å². The summed E-state index contributed by atoms with van der Waals surface area (Å²) < 4.78 is 5.08. The number of hydrogen-bond acceptors (Lipinski definition) is 5. The van der Waals surface area contributed by atoms with Crippen LogP contribution in [-0.4, -0.2) is 36.1 Å². The van der Waals surface area contributed by atoms with Gasteiger partial charge in [-0.1, -0.05) is 32.0 Å². The standard InChI is InChI=1S/C20H26N4O4/c1-14(2)17(23-19(27)22-15-8-4-3-5-9-15)18(26)28-12-16(25)24-20(13-21)10-6-7-11-20/h3-5,8-9,14,17H,6-7,10-12H2,1-2H3,(H,24,25)(H2,22,23,27)/t17-/m1/s1. The average molecular weight is 386 g/mol. The van der Waals surface area contributed by atoms with Crippen LogP contribution < -0.4 is 16.0 Å². The minimum absolute atomic E-state index is 0.239. The molecule has 0 aromatic heterocycles. The van der Waals surface area contributed by atoms with E-state index in [2.05, 4.69) is 22.0 Å². The summed E-state index contributed by atoms with van der Waals surface area (Å²) in [5.41, 5.74) is -0.275. The van der Waals surface area contributed by atoms with Crippen molar-refractivity contribution in [2.75, 3.05) is 11.9 Å². The van der Waals surface area contributed by atoms with E-state index in [1.165, 1.54) is 0 Å². The lowest BCUT2D eigenvalue weighted by Crippen LogP contribution is -2.49. The maximum atomic E-state index is 12.4. The number of nitrogens with zero attached hydrogens (tertiary/aromatic N) is 1. The molecular weight excluding hydrogens is 360 g/mol. The highest BCUT2D eigenvalue weighted by atomic mass is 16.5. The number of urea groups is 1. The van der Waals surface area contributed by atoms with Crippen molar-refractivity contribution in [3.05, 3.63) is 30.3 Å². The monoisotopic (exact) mass is 386 g/mol. The van der Waals surface area contributed by atoms with E-state index in [1.54, 1.807) is 38.1 Å². The third kappa shape index (κ3) is 5.98. The number of carbonyl (C=O) groups excluding carboxylic acids is 3. The van der Waals surface area contributed by atoms with E-state index < -0.39 is 36.1 Å². The lowest BCUT2D eigenvalue weighted by molar-refractivity contribution is -0.151. The van der Waals surface area contributed by atoms with Crippen LogP contribution in [0.2, 0.25) is 0 Å². The first-order chi connectivity index (χ1) is 13.3. The van der Waals surface area contributed by atoms with Crippen molar-refractivity contribution in [3.8, 4) is 6.07 Å². The summed E-state index contributed by atoms with van der Waals surface area (Å²) in [6.45, 7) is 3.03. The molecule has 0 heterocycles. The van der Waals surface area contributed by atoms with Gasteiger partial charge in [-0.05, 0) is 43.7 Å². The van der Waals surface area contributed by atoms with Gasteiger partial charge in [-0.25, -0.2) is 9.59 Å². The molecule has 0 radical (unpaired) electrons. The van der Waals surface area contributed by atoms with Gasteiger partial charge in [-0.15, -0.1) is 0 Å². The van der Waals surface area contributed by atoms with Crippen LogP contribution in [0.25, 0.3) is 0 Å². The molecule has 1 aliphatic carbocycles. The van der Waals surface area contributed by atoms with Crippen molar-refractivity contribution in [2.45, 2.75) is 51.1 Å². The number of hydrogen-bond donors (Lipinski definition) is 3. The Morgan fingerprint density at radius 1 is 1.18 bits per heavy atom. The molecule has 1 saturated carbocycles. The molecule has 0 bridgehead atoms. The fourth-order valence-electron chi connectivity index (χ4n) is 3.10. The fraction of sp³-hybridized carbons (Fsp3) is 0.500. The second-order valence-electron chi connectivity index (χ2n) is 7.24. The summed E-state index contributed by atoms with van der Waals surface area (Å²) in [4.78, 5) is 36.6. The normalized spacial score (nSPS) is 15.9. The summed E-state index contributed by atoms with van der Waals surface area (Å²) in [5, 5.41) is 17.2. The second-order valence-corrected chi connectivity index (χ2v) is 7.24. The molecule has 1 atom stereocenters. The SMILES string of the molecule is CC(C)[C@@H](NC(=O)Nc1ccccc1)C(=O)OCC(=O)NC1(C#N)CCCC1. The molecule has 0 spiro atoms. The van der Waals surface area contributed by atoms with Crippen LogP contribution in [-0.2, 0) is 14.3 Å². The van der Waals surface area contributed by atoms with Crippen LogP contribution in [0, 0.1) is 17.2 Å². The zero-order valence-corrected chi connectivity index (χ0v) is 16.2. The maximum absolute atomic E-state index is 12.4. The highest BCUT2D eigenvalue weighted by Crippen LogP contribution is 2.28. The van der Waals surface area contributed by atoms with Crippen molar-refractivity contribution in [1.29, 1.82) is 5.26 Å². The minimum atomic E-state index is -0.909. The summed E-state index contributed by atoms with van der Waals surface area (Å²) in [5.74, 6) is -1.46. The predicted octanol–water partition coefficient (Wildman–Crippen LogP) is 2.33. The maximum Gasteiger partial charge on any atom is 0.329 e. The van der Waals surface area contributed by atoms with Crippen molar-refractivity contribution in [3.63, 3.8) is 0 Å². The van der Waals surface area contributed by atoms with Gasteiger partial charge in [0.05, 0.1) is 6.07 Å². The molecule has 28 heavy (non-hydrogen) atoms. The Labute approximate surface area is 164 Å². The van der Waals surface area contributed by atoms with Crippen LogP contribution in [0.5, 0.6) is 0 Å². The van der Waals surface area contributed by atoms with Gasteiger partial charge in [-0.2, -0.15) is 5.26 Å². The first-order valence-corrected chi connectivity index (χ1v) is 9.37. The Morgan fingerprint density at radius 2 is 1.82 bits per heavy atom. The molecule has 3 amide bonds. The smallest absolute Gasteiger partial charge is 0.329 e. The third-order valence-electron chi connectivity index (χ3n) is 4.63. The number of rotatable bonds is 7. The highest BCUT2D eigenvalue weighted by Gasteiger charge is 2.35. The summed E-state index contributed by atoms with van der Waals surface area (Å²) in [7, 11) is 0. The number of esters is 1. The molecule has 0 saturated heterocycles. The van der Waals surface area contributed by atoms with Gasteiger partial charge in [0.25, 0.3) is 5.91 Å². The molecule has 0 aliphatic heterocycles. The Kier molecular flexibility index (Phi) is 7.38. The Morgan fingerprint density at radius 3 is 2.39 bits per heavy atom. The highest BCUT2D eigenvalue weighted by molar-refractivity contribution is 5.93. The third-order valence-corrected chi connectivity index (χ3v) is 4.63. The van der Waals surface area contributed by atoms with Crippen molar-refractivity contribution in [1.82, 2.24) is 10.6 Å². The van der Waals surface area contributed by atoms with Crippen molar-refractivity contribution >= 4 is 23.6 Å². The largest absolute Gasteiger partial charge is 0.454 e. The molecule has 0 unspecified atom stereocenters. The van der Waals surface area contributed by atoms with Crippen LogP contribution in [0.15, 0.2) is 30.3 Å². The predicted molar refractivity (Wildman–Crippen MR) is 103 cm³/mol. The molecule has 1 aliphatic rings. The van der Waals surface area contributed by atoms with Crippen LogP contribution in [0.3, 0.4) is 0 Å². The van der Waals surface area contributed by atoms with E-state index in [9.17, 15) is 19.6 Å². The van der Waals surface area contributed by atoms with Crippen LogP contribution in [0.1, 0.15) is 39.5 Å². The quantitative estimate of drug-likeness (QED) is 0.621. The molecule has 8 nitrogen and oxygen atoms in total. The summed E-state index contributed by atoms with van der Waals surface area (Å²) in [6.07, 6.45) is 2.95. The van der Waals surface area contributed by atoms with E-state index in [0.29, 0.717) is 18.5 Å². The number of benzene rings is 1. The van der Waals surface area contributed by atoms with E-state index in [4.69, 9.17) is 4.74 Å². The number of carbonyl (C=O) groups is 3. The molecule has 1 aromatic carbocycles. The van der Waals surface area contributed by atoms with Crippen LogP contribution in [0.4, 0.5) is 10.5 Å². The lowest BCUT2D eigenvalue weighted by Gasteiger charge is -2.23. The van der Waals surface area contributed by atoms with Gasteiger partial charge in [0, 0.05) is 5.69 Å². The Bertz CT molecular complexity index is 736. The zero-order chi connectivity index (χ0) is 20.6. The second kappa shape index (κ2) is 9.74. The number of para-hydroxylation sites is 1. The molecule has 2 rings (SSSR count). The number of anilines is 1. The summed E-state index contributed by atoms with van der Waals surface area (Å²) in [6, 6.07) is 9.52. The first-order valence-electron chi connectivity index (χ1n) is 9.37. The molecule has 150 valence electrons. The number of nitrogens with one attached hydrogen (secondary N) is 3. The van der Waals surface area contributed by atoms with E-state index in [1.807, 2.05) is 6.07 Å². The van der Waals surface area contributed by atoms with Gasteiger partial charge in [0.1, 0.15) is 11.6 Å². The molecule has 8 heteroatoms. The topological polar surface area (TPSA) is 120 Å². The zero-order valence-electron chi connectivity index (χ0n) is 16.2. The fourth-order valence-corrected chi connectivity index (χ4v) is 3.10. The molecule has 1 fully saturated rings. The van der Waals surface area contributed by atoms with E-state index in [0.717, 1.165) is 12.8 Å². The Hall–Kier alpha value is -3.08. The summed E-state index contributed by atoms with van der Waals surface area (Å²) >= 11 is 0. The van der Waals surface area contributed by atoms with Gasteiger partial charge >= 0.3 is 12.0 Å². The van der Waals surface area contributed by atoms with Gasteiger partial charge in [0.15, 0.2) is 6.61 Å².